The zero-order chi connectivity index (χ0) is 45.6. The standard InChI is InChI=1S/C61H64BN2O/c1-36-29-45-47(60(9,10)27-25-58(45,5)6)34-50(36)64-51-32-39-19-15-16-20-42(39)53(43-30-37-17-13-14-18-38(37)31-49(43)63-41-23-21-40(22-24-41)57(2,3)4)55(51)62-54-44-33-46-48(35-52(44)65-56(54)64)61(11,12)28-26-59(46,7)8/h13-24,29-35,63H,25-28H2,1-12H3. The van der Waals surface area contributed by atoms with E-state index in [0.717, 1.165) is 53.3 Å². The largest absolute Gasteiger partial charge is 0.440 e. The van der Waals surface area contributed by atoms with Gasteiger partial charge in [-0.25, -0.2) is 0 Å². The Morgan fingerprint density at radius 3 is 1.74 bits per heavy atom. The van der Waals surface area contributed by atoms with Gasteiger partial charge >= 0.3 is 0 Å². The molecule has 65 heavy (non-hydrogen) atoms. The Morgan fingerprint density at radius 2 is 1.11 bits per heavy atom. The number of anilines is 5. The number of nitrogens with one attached hydrogen (secondary N) is 1. The fourth-order valence-corrected chi connectivity index (χ4v) is 11.6. The van der Waals surface area contributed by atoms with Crippen molar-refractivity contribution in [1.82, 2.24) is 0 Å². The van der Waals surface area contributed by atoms with Crippen molar-refractivity contribution in [2.24, 2.45) is 0 Å². The molecule has 7 aromatic carbocycles. The maximum atomic E-state index is 7.37. The summed E-state index contributed by atoms with van der Waals surface area (Å²) in [7, 11) is 2.47. The second-order valence-corrected chi connectivity index (χ2v) is 23.5. The number of furan rings is 1. The lowest BCUT2D eigenvalue weighted by Crippen LogP contribution is -2.41. The van der Waals surface area contributed by atoms with Crippen LogP contribution in [-0.4, -0.2) is 7.28 Å². The van der Waals surface area contributed by atoms with Crippen LogP contribution in [0.25, 0.3) is 43.6 Å². The molecule has 1 aromatic heterocycles. The number of hydrogen-bond donors (Lipinski definition) is 1. The normalized spacial score (nSPS) is 17.9. The summed E-state index contributed by atoms with van der Waals surface area (Å²) in [6.45, 7) is 28.6. The maximum Gasteiger partial charge on any atom is 0.203 e. The van der Waals surface area contributed by atoms with E-state index in [0.29, 0.717) is 0 Å². The van der Waals surface area contributed by atoms with Crippen LogP contribution in [0.4, 0.5) is 28.6 Å². The molecule has 0 atom stereocenters. The molecule has 0 saturated heterocycles. The highest BCUT2D eigenvalue weighted by molar-refractivity contribution is 6.76. The molecule has 3 aliphatic rings. The quantitative estimate of drug-likeness (QED) is 0.179. The highest BCUT2D eigenvalue weighted by Crippen LogP contribution is 2.53. The molecule has 0 saturated carbocycles. The Morgan fingerprint density at radius 1 is 0.554 bits per heavy atom. The van der Waals surface area contributed by atoms with E-state index < -0.39 is 0 Å². The van der Waals surface area contributed by atoms with Crippen molar-refractivity contribution in [3.8, 4) is 11.1 Å². The van der Waals surface area contributed by atoms with Crippen LogP contribution in [0.2, 0.25) is 0 Å². The first-order valence-electron chi connectivity index (χ1n) is 24.1. The molecular weight excluding hydrogens is 787 g/mol. The SMILES string of the molecule is Cc1cc2c(cc1N1c3cc4ccccc4c(-c4cc5ccccc5cc4Nc4ccc(C(C)(C)C)cc4)c3[B]c3c1oc1cc4c(cc31)C(C)(C)CCC4(C)C)C(C)(C)CCC2(C)C. The Hall–Kier alpha value is -5.74. The van der Waals surface area contributed by atoms with Gasteiger partial charge in [-0.3, -0.25) is 4.90 Å². The Balaban J connectivity index is 1.23. The molecule has 4 heteroatoms. The van der Waals surface area contributed by atoms with Crippen LogP contribution in [0, 0.1) is 6.92 Å². The van der Waals surface area contributed by atoms with E-state index in [4.69, 9.17) is 4.42 Å². The molecule has 0 bridgehead atoms. The van der Waals surface area contributed by atoms with Crippen LogP contribution in [0.15, 0.2) is 120 Å². The molecule has 3 nitrogen and oxygen atoms in total. The summed E-state index contributed by atoms with van der Waals surface area (Å²) in [4.78, 5) is 2.50. The summed E-state index contributed by atoms with van der Waals surface area (Å²) >= 11 is 0. The summed E-state index contributed by atoms with van der Waals surface area (Å²) < 4.78 is 7.37. The van der Waals surface area contributed by atoms with E-state index in [9.17, 15) is 0 Å². The first-order chi connectivity index (χ1) is 30.7. The van der Waals surface area contributed by atoms with Crippen LogP contribution in [-0.2, 0) is 27.1 Å². The predicted octanol–water partition coefficient (Wildman–Crippen LogP) is 15.9. The van der Waals surface area contributed by atoms with Crippen molar-refractivity contribution in [2.45, 2.75) is 136 Å². The Labute approximate surface area is 387 Å². The van der Waals surface area contributed by atoms with Crippen molar-refractivity contribution in [1.29, 1.82) is 0 Å². The average molecular weight is 852 g/mol. The molecule has 0 fully saturated rings. The summed E-state index contributed by atoms with van der Waals surface area (Å²) in [5.74, 6) is 0.901. The zero-order valence-electron chi connectivity index (χ0n) is 40.7. The molecular formula is C61H64BN2O. The molecule has 0 spiro atoms. The van der Waals surface area contributed by atoms with E-state index >= 15 is 0 Å². The molecule has 11 rings (SSSR count). The van der Waals surface area contributed by atoms with Crippen molar-refractivity contribution >= 4 is 79.4 Å². The van der Waals surface area contributed by atoms with Crippen LogP contribution < -0.4 is 21.1 Å². The van der Waals surface area contributed by atoms with E-state index in [1.165, 1.54) is 89.0 Å². The topological polar surface area (TPSA) is 28.4 Å². The molecule has 1 N–H and O–H groups in total. The van der Waals surface area contributed by atoms with Gasteiger partial charge in [0.15, 0.2) is 5.88 Å². The fraction of sp³-hybridized carbons (Fsp3) is 0.344. The minimum Gasteiger partial charge on any atom is -0.440 e. The number of hydrogen-bond acceptors (Lipinski definition) is 3. The number of nitrogens with zero attached hydrogens (tertiary/aromatic N) is 1. The lowest BCUT2D eigenvalue weighted by atomic mass is 9.57. The van der Waals surface area contributed by atoms with Crippen LogP contribution >= 0.6 is 0 Å². The van der Waals surface area contributed by atoms with Gasteiger partial charge in [0.2, 0.25) is 7.28 Å². The molecule has 0 amide bonds. The second kappa shape index (κ2) is 14.1. The number of benzene rings is 7. The number of rotatable bonds is 4. The summed E-state index contributed by atoms with van der Waals surface area (Å²) in [6, 6.07) is 43.9. The Bertz CT molecular complexity index is 3260. The Kier molecular flexibility index (Phi) is 9.12. The summed E-state index contributed by atoms with van der Waals surface area (Å²) in [5, 5.41) is 10.00. The molecule has 0 unspecified atom stereocenters. The van der Waals surface area contributed by atoms with Gasteiger partial charge in [0.05, 0.1) is 5.69 Å². The smallest absolute Gasteiger partial charge is 0.203 e. The van der Waals surface area contributed by atoms with Gasteiger partial charge in [-0.2, -0.15) is 0 Å². The van der Waals surface area contributed by atoms with E-state index in [1.807, 2.05) is 0 Å². The molecule has 8 aromatic rings. The minimum absolute atomic E-state index is 0.0380. The molecule has 2 heterocycles. The van der Waals surface area contributed by atoms with Gasteiger partial charge in [-0.15, -0.1) is 0 Å². The van der Waals surface area contributed by atoms with Gasteiger partial charge in [0, 0.05) is 28.0 Å². The van der Waals surface area contributed by atoms with Crippen molar-refractivity contribution in [3.63, 3.8) is 0 Å². The monoisotopic (exact) mass is 852 g/mol. The molecule has 1 radical (unpaired) electrons. The van der Waals surface area contributed by atoms with Gasteiger partial charge in [0.25, 0.3) is 0 Å². The summed E-state index contributed by atoms with van der Waals surface area (Å²) in [6.07, 6.45) is 4.64. The average Bonchev–Trinajstić information content (AvgIpc) is 3.62. The third-order valence-corrected chi connectivity index (χ3v) is 16.1. The third-order valence-electron chi connectivity index (χ3n) is 16.1. The zero-order valence-corrected chi connectivity index (χ0v) is 40.7. The molecule has 1 aliphatic heterocycles. The lowest BCUT2D eigenvalue weighted by molar-refractivity contribution is 0.332. The van der Waals surface area contributed by atoms with Crippen molar-refractivity contribution in [2.75, 3.05) is 10.2 Å². The first-order valence-corrected chi connectivity index (χ1v) is 24.1. The highest BCUT2D eigenvalue weighted by Gasteiger charge is 2.42. The molecule has 2 aliphatic carbocycles. The number of aryl methyl sites for hydroxylation is 1. The fourth-order valence-electron chi connectivity index (χ4n) is 11.6. The second-order valence-electron chi connectivity index (χ2n) is 23.5. The van der Waals surface area contributed by atoms with Crippen molar-refractivity contribution in [3.05, 3.63) is 149 Å². The third kappa shape index (κ3) is 6.67. The van der Waals surface area contributed by atoms with Gasteiger partial charge in [0.1, 0.15) is 5.58 Å². The van der Waals surface area contributed by atoms with Gasteiger partial charge < -0.3 is 9.73 Å². The van der Waals surface area contributed by atoms with Gasteiger partial charge in [-0.1, -0.05) is 143 Å². The van der Waals surface area contributed by atoms with Gasteiger partial charge in [-0.05, 0) is 180 Å². The first kappa shape index (κ1) is 41.9. The minimum atomic E-state index is 0.0380. The number of fused-ring (bicyclic) bond motifs is 8. The van der Waals surface area contributed by atoms with Crippen LogP contribution in [0.3, 0.4) is 0 Å². The van der Waals surface area contributed by atoms with E-state index in [-0.39, 0.29) is 27.1 Å². The highest BCUT2D eigenvalue weighted by atomic mass is 16.4. The van der Waals surface area contributed by atoms with Crippen molar-refractivity contribution < 1.29 is 4.42 Å². The van der Waals surface area contributed by atoms with E-state index in [2.05, 4.69) is 216 Å². The lowest BCUT2D eigenvalue weighted by Gasteiger charge is -2.43. The molecule has 327 valence electrons. The van der Waals surface area contributed by atoms with E-state index in [1.54, 1.807) is 0 Å². The predicted molar refractivity (Wildman–Crippen MR) is 280 cm³/mol. The summed E-state index contributed by atoms with van der Waals surface area (Å²) in [5.41, 5.74) is 18.9. The van der Waals surface area contributed by atoms with Crippen LogP contribution in [0.1, 0.15) is 135 Å². The maximum absolute atomic E-state index is 7.37. The van der Waals surface area contributed by atoms with Crippen LogP contribution in [0.5, 0.6) is 0 Å².